The van der Waals surface area contributed by atoms with Gasteiger partial charge in [0.2, 0.25) is 0 Å². The van der Waals surface area contributed by atoms with Crippen LogP contribution in [0.3, 0.4) is 0 Å². The van der Waals surface area contributed by atoms with Crippen molar-refractivity contribution < 1.29 is 9.46 Å². The van der Waals surface area contributed by atoms with E-state index in [4.69, 9.17) is 0 Å². The zero-order valence-electron chi connectivity index (χ0n) is 3.39. The van der Waals surface area contributed by atoms with Gasteiger partial charge in [-0.25, -0.2) is 0 Å². The van der Waals surface area contributed by atoms with Crippen molar-refractivity contribution in [3.8, 4) is 0 Å². The monoisotopic (exact) mass is 125 g/mol. The van der Waals surface area contributed by atoms with E-state index in [1.165, 1.54) is 0 Å². The minimum absolute atomic E-state index is 0.341. The van der Waals surface area contributed by atoms with Gasteiger partial charge in [-0.05, 0) is 9.24 Å². The fourth-order valence-corrected chi connectivity index (χ4v) is 1.16. The molecule has 0 rings (SSSR count). The van der Waals surface area contributed by atoms with Crippen LogP contribution in [0.1, 0.15) is 0 Å². The third-order valence-electron chi connectivity index (χ3n) is 0.341. The molecule has 36 valence electrons. The average molecular weight is 125 g/mol. The molecule has 4 heteroatoms. The van der Waals surface area contributed by atoms with Crippen LogP contribution in [-0.2, 0) is 4.57 Å². The zero-order chi connectivity index (χ0) is 4.99. The molecule has 0 fully saturated rings. The van der Waals surface area contributed by atoms with E-state index >= 15 is 0 Å². The van der Waals surface area contributed by atoms with Crippen LogP contribution in [0.25, 0.3) is 0 Å². The van der Waals surface area contributed by atoms with E-state index in [-0.39, 0.29) is 0 Å². The largest absolute Gasteiger partial charge is 0.595 e. The lowest BCUT2D eigenvalue weighted by atomic mass is 11.0. The predicted octanol–water partition coefficient (Wildman–Crippen LogP) is -0.304. The van der Waals surface area contributed by atoms with Gasteiger partial charge in [0.1, 0.15) is 0 Å². The van der Waals surface area contributed by atoms with Gasteiger partial charge in [-0.1, -0.05) is 4.57 Å². The molecule has 0 aliphatic rings. The van der Waals surface area contributed by atoms with E-state index in [9.17, 15) is 9.46 Å². The molecule has 0 radical (unpaired) electrons. The Morgan fingerprint density at radius 1 is 1.83 bits per heavy atom. The summed E-state index contributed by atoms with van der Waals surface area (Å²) < 4.78 is 9.64. The molecule has 2 atom stereocenters. The summed E-state index contributed by atoms with van der Waals surface area (Å²) in [7, 11) is -0.422. The minimum atomic E-state index is -2.09. The summed E-state index contributed by atoms with van der Waals surface area (Å²) in [6.07, 6.45) is 1.10. The molecule has 0 aromatic rings. The summed E-state index contributed by atoms with van der Waals surface area (Å²) in [6, 6.07) is 0. The summed E-state index contributed by atoms with van der Waals surface area (Å²) in [4.78, 5) is 9.64. The maximum Gasteiger partial charge on any atom is 0.312 e. The van der Waals surface area contributed by atoms with Crippen LogP contribution >= 0.6 is 17.3 Å². The van der Waals surface area contributed by atoms with E-state index in [2.05, 4.69) is 0 Å². The second-order valence-corrected chi connectivity index (χ2v) is 2.73. The van der Waals surface area contributed by atoms with Crippen molar-refractivity contribution >= 4 is 17.3 Å². The van der Waals surface area contributed by atoms with E-state index in [0.717, 1.165) is 6.16 Å². The van der Waals surface area contributed by atoms with Crippen LogP contribution in [0.4, 0.5) is 0 Å². The van der Waals surface area contributed by atoms with Gasteiger partial charge in [0.05, 0.1) is 6.16 Å². The Morgan fingerprint density at radius 2 is 2.33 bits per heavy atom. The lowest BCUT2D eigenvalue weighted by molar-refractivity contribution is -0.163. The molecule has 0 heterocycles. The summed E-state index contributed by atoms with van der Waals surface area (Å²) in [5.41, 5.74) is 0. The smallest absolute Gasteiger partial charge is 0.312 e. The first-order valence-corrected chi connectivity index (χ1v) is 4.04. The van der Waals surface area contributed by atoms with E-state index in [1.807, 2.05) is 0 Å². The van der Waals surface area contributed by atoms with Crippen molar-refractivity contribution in [2.45, 2.75) is 0 Å². The first-order chi connectivity index (χ1) is 2.77. The first kappa shape index (κ1) is 6.49. The van der Waals surface area contributed by atoms with Crippen LogP contribution in [0.2, 0.25) is 0 Å². The second-order valence-electron chi connectivity index (χ2n) is 0.910. The third kappa shape index (κ3) is 4.49. The van der Waals surface area contributed by atoms with E-state index < -0.39 is 8.03 Å². The first-order valence-electron chi connectivity index (χ1n) is 1.68. The van der Waals surface area contributed by atoms with Gasteiger partial charge in [-0.15, -0.1) is 0 Å². The van der Waals surface area contributed by atoms with Crippen LogP contribution < -0.4 is 4.89 Å². The molecule has 2 nitrogen and oxygen atoms in total. The van der Waals surface area contributed by atoms with Gasteiger partial charge < -0.3 is 4.89 Å². The van der Waals surface area contributed by atoms with Gasteiger partial charge >= 0.3 is 8.03 Å². The molecule has 0 bridgehead atoms. The van der Waals surface area contributed by atoms with Crippen LogP contribution in [0, 0.1) is 0 Å². The van der Waals surface area contributed by atoms with Crippen molar-refractivity contribution in [1.29, 1.82) is 0 Å². The quantitative estimate of drug-likeness (QED) is 0.475. The van der Waals surface area contributed by atoms with Crippen LogP contribution in [0.15, 0.2) is 0 Å². The molecule has 0 amide bonds. The normalized spacial score (nSPS) is 11.8. The van der Waals surface area contributed by atoms with Crippen molar-refractivity contribution in [2.24, 2.45) is 0 Å². The molecule has 6 heavy (non-hydrogen) atoms. The fraction of sp³-hybridized carbons (Fsp3) is 1.00. The predicted molar refractivity (Wildman–Crippen MR) is 28.4 cm³/mol. The summed E-state index contributed by atoms with van der Waals surface area (Å²) >= 11 is 0. The van der Waals surface area contributed by atoms with Gasteiger partial charge in [-0.2, -0.15) is 0 Å². The average Bonchev–Trinajstić information content (AvgIpc) is 1.35. The molecule has 0 aliphatic carbocycles. The highest BCUT2D eigenvalue weighted by Gasteiger charge is 1.94. The van der Waals surface area contributed by atoms with Crippen molar-refractivity contribution in [1.82, 2.24) is 0 Å². The fourth-order valence-electron chi connectivity index (χ4n) is 0.129. The van der Waals surface area contributed by atoms with E-state index in [0.29, 0.717) is 6.16 Å². The Labute approximate surface area is 40.0 Å². The van der Waals surface area contributed by atoms with Crippen molar-refractivity contribution in [3.05, 3.63) is 0 Å². The molecule has 0 aromatic heterocycles. The molecule has 0 saturated heterocycles. The lowest BCUT2D eigenvalue weighted by Crippen LogP contribution is -1.90. The topological polar surface area (TPSA) is 40.1 Å². The Kier molecular flexibility index (Phi) is 3.97. The Hall–Kier alpha value is 0.490. The molecular weight excluding hydrogens is 118 g/mol. The van der Waals surface area contributed by atoms with Gasteiger partial charge in [-0.3, -0.25) is 0 Å². The number of rotatable bonds is 2. The second kappa shape index (κ2) is 3.67. The van der Waals surface area contributed by atoms with Crippen molar-refractivity contribution in [3.63, 3.8) is 0 Å². The summed E-state index contributed by atoms with van der Waals surface area (Å²) in [5.74, 6) is 0. The zero-order valence-corrected chi connectivity index (χ0v) is 5.69. The van der Waals surface area contributed by atoms with Crippen LogP contribution in [0.5, 0.6) is 0 Å². The standard InChI is InChI=1S/C2H6O2P2/c3-6(4)2-1-5/h1-2,5H2/p+1. The Balaban J connectivity index is 2.83. The molecule has 0 saturated carbocycles. The SMILES string of the molecule is O=[P+]([O-])CC[PH3+]. The minimum Gasteiger partial charge on any atom is -0.595 e. The van der Waals surface area contributed by atoms with Gasteiger partial charge in [0.15, 0.2) is 6.16 Å². The highest BCUT2D eigenvalue weighted by Crippen LogP contribution is 2.05. The maximum atomic E-state index is 9.64. The molecule has 0 aromatic carbocycles. The molecule has 0 N–H and O–H groups in total. The number of hydrogen-bond donors (Lipinski definition) is 0. The molecule has 0 spiro atoms. The Morgan fingerprint density at radius 3 is 2.33 bits per heavy atom. The molecule has 2 unspecified atom stereocenters. The Bertz CT molecular complexity index is 53.5. The number of hydrogen-bond acceptors (Lipinski definition) is 2. The molecular formula is C2H7O2P2+. The van der Waals surface area contributed by atoms with Crippen LogP contribution in [-0.4, -0.2) is 12.3 Å². The van der Waals surface area contributed by atoms with Crippen molar-refractivity contribution in [2.75, 3.05) is 12.3 Å². The lowest BCUT2D eigenvalue weighted by Gasteiger charge is -1.74. The van der Waals surface area contributed by atoms with E-state index in [1.54, 1.807) is 9.24 Å². The maximum absolute atomic E-state index is 9.64. The van der Waals surface area contributed by atoms with Gasteiger partial charge in [0.25, 0.3) is 0 Å². The van der Waals surface area contributed by atoms with Gasteiger partial charge in [0, 0.05) is 0 Å². The highest BCUT2D eigenvalue weighted by molar-refractivity contribution is 7.37. The summed E-state index contributed by atoms with van der Waals surface area (Å²) in [6.45, 7) is 0. The summed E-state index contributed by atoms with van der Waals surface area (Å²) in [5, 5.41) is 0. The highest BCUT2D eigenvalue weighted by atomic mass is 31.1. The third-order valence-corrected chi connectivity index (χ3v) is 1.97. The molecule has 0 aliphatic heterocycles.